The summed E-state index contributed by atoms with van der Waals surface area (Å²) >= 11 is 0. The van der Waals surface area contributed by atoms with Crippen LogP contribution in [0.5, 0.6) is 0 Å². The fraction of sp³-hybridized carbons (Fsp3) is 0.222. The van der Waals surface area contributed by atoms with Crippen molar-refractivity contribution in [3.05, 3.63) is 75.8 Å². The Hall–Kier alpha value is -5.42. The Morgan fingerprint density at radius 3 is 0.972 bits per heavy atom. The molecule has 36 heavy (non-hydrogen) atoms. The summed E-state index contributed by atoms with van der Waals surface area (Å²) in [5.41, 5.74) is 5.51. The van der Waals surface area contributed by atoms with Crippen LogP contribution in [0.3, 0.4) is 0 Å². The average molecular weight is 504 g/mol. The Morgan fingerprint density at radius 1 is 0.583 bits per heavy atom. The molecule has 1 aliphatic rings. The molecule has 0 radical (unpaired) electrons. The maximum atomic E-state index is 11.6. The standard InChI is InChI=1S/C18H16N8O10/c19-17(27)9-5-11(23(29)30)15(12(6-9)24(31)32)21-1-2-22(4-3-21)16-13(25(33)34)7-10(18(20)28)8-14(16)26(35)36/h5-8H,1-4H2,(H2,19,27)(H2,20,28). The number of nitrogens with zero attached hydrogens (tertiary/aromatic N) is 6. The van der Waals surface area contributed by atoms with E-state index in [2.05, 4.69) is 0 Å². The molecule has 18 nitrogen and oxygen atoms in total. The first kappa shape index (κ1) is 25.2. The van der Waals surface area contributed by atoms with Crippen molar-refractivity contribution in [2.45, 2.75) is 0 Å². The fourth-order valence-corrected chi connectivity index (χ4v) is 3.85. The highest BCUT2D eigenvalue weighted by Gasteiger charge is 2.37. The summed E-state index contributed by atoms with van der Waals surface area (Å²) in [6, 6.07) is 3.20. The molecule has 2 amide bonds. The maximum absolute atomic E-state index is 11.6. The number of piperazine rings is 1. The van der Waals surface area contributed by atoms with E-state index in [0.29, 0.717) is 0 Å². The van der Waals surface area contributed by atoms with Crippen LogP contribution in [-0.4, -0.2) is 57.7 Å². The third-order valence-electron chi connectivity index (χ3n) is 5.41. The number of carbonyl (C=O) groups excluding carboxylic acids is 2. The van der Waals surface area contributed by atoms with Crippen molar-refractivity contribution in [1.82, 2.24) is 0 Å². The molecule has 188 valence electrons. The van der Waals surface area contributed by atoms with Crippen LogP contribution in [0, 0.1) is 40.5 Å². The van der Waals surface area contributed by atoms with Crippen LogP contribution in [0.25, 0.3) is 0 Å². The summed E-state index contributed by atoms with van der Waals surface area (Å²) in [5.74, 6) is -2.23. The Morgan fingerprint density at radius 2 is 0.806 bits per heavy atom. The molecule has 0 aliphatic carbocycles. The van der Waals surface area contributed by atoms with E-state index in [1.807, 2.05) is 0 Å². The van der Waals surface area contributed by atoms with Crippen molar-refractivity contribution in [2.24, 2.45) is 11.5 Å². The lowest BCUT2D eigenvalue weighted by atomic mass is 10.1. The van der Waals surface area contributed by atoms with Gasteiger partial charge in [0.25, 0.3) is 22.7 Å². The van der Waals surface area contributed by atoms with E-state index >= 15 is 0 Å². The number of carbonyl (C=O) groups is 2. The molecule has 0 aromatic heterocycles. The Kier molecular flexibility index (Phi) is 6.61. The molecule has 3 rings (SSSR count). The van der Waals surface area contributed by atoms with Crippen LogP contribution in [-0.2, 0) is 0 Å². The van der Waals surface area contributed by atoms with Gasteiger partial charge < -0.3 is 21.3 Å². The number of amides is 2. The molecular weight excluding hydrogens is 488 g/mol. The van der Waals surface area contributed by atoms with Gasteiger partial charge in [-0.1, -0.05) is 0 Å². The van der Waals surface area contributed by atoms with Gasteiger partial charge in [0.05, 0.1) is 30.8 Å². The highest BCUT2D eigenvalue weighted by atomic mass is 16.6. The highest BCUT2D eigenvalue weighted by Crippen LogP contribution is 2.42. The molecule has 1 heterocycles. The minimum absolute atomic E-state index is 0.177. The minimum Gasteiger partial charge on any atom is -0.366 e. The highest BCUT2D eigenvalue weighted by molar-refractivity contribution is 5.97. The Balaban J connectivity index is 2.06. The lowest BCUT2D eigenvalue weighted by molar-refractivity contribution is -0.393. The molecule has 1 aliphatic heterocycles. The molecule has 18 heteroatoms. The first-order valence-corrected chi connectivity index (χ1v) is 9.86. The van der Waals surface area contributed by atoms with Crippen molar-refractivity contribution in [1.29, 1.82) is 0 Å². The number of nitro groups is 4. The predicted molar refractivity (Wildman–Crippen MR) is 121 cm³/mol. The zero-order chi connectivity index (χ0) is 26.9. The number of benzene rings is 2. The van der Waals surface area contributed by atoms with E-state index in [9.17, 15) is 50.0 Å². The van der Waals surface area contributed by atoms with Crippen molar-refractivity contribution in [3.8, 4) is 0 Å². The molecule has 1 fully saturated rings. The molecule has 0 saturated carbocycles. The smallest absolute Gasteiger partial charge is 0.300 e. The monoisotopic (exact) mass is 504 g/mol. The number of hydrogen-bond donors (Lipinski definition) is 2. The van der Waals surface area contributed by atoms with Crippen molar-refractivity contribution in [3.63, 3.8) is 0 Å². The zero-order valence-electron chi connectivity index (χ0n) is 18.1. The van der Waals surface area contributed by atoms with Gasteiger partial charge in [0.1, 0.15) is 0 Å². The zero-order valence-corrected chi connectivity index (χ0v) is 18.1. The van der Waals surface area contributed by atoms with Crippen molar-refractivity contribution in [2.75, 3.05) is 36.0 Å². The van der Waals surface area contributed by atoms with Gasteiger partial charge in [-0.25, -0.2) is 0 Å². The second kappa shape index (κ2) is 9.44. The van der Waals surface area contributed by atoms with Gasteiger partial charge in [-0.05, 0) is 0 Å². The molecule has 0 bridgehead atoms. The van der Waals surface area contributed by atoms with Crippen LogP contribution in [0.15, 0.2) is 24.3 Å². The van der Waals surface area contributed by atoms with Crippen LogP contribution >= 0.6 is 0 Å². The quantitative estimate of drug-likeness (QED) is 0.374. The van der Waals surface area contributed by atoms with Gasteiger partial charge >= 0.3 is 0 Å². The molecule has 0 spiro atoms. The number of nitro benzene ring substituents is 4. The lowest BCUT2D eigenvalue weighted by Crippen LogP contribution is -2.47. The molecule has 2 aromatic rings. The van der Waals surface area contributed by atoms with Gasteiger partial charge in [0.2, 0.25) is 11.8 Å². The molecule has 0 atom stereocenters. The molecule has 2 aromatic carbocycles. The Labute approximate surface area is 199 Å². The summed E-state index contributed by atoms with van der Waals surface area (Å²) in [7, 11) is 0. The molecular formula is C18H16N8O10. The average Bonchev–Trinajstić information content (AvgIpc) is 2.82. The summed E-state index contributed by atoms with van der Waals surface area (Å²) in [6.07, 6.45) is 0. The summed E-state index contributed by atoms with van der Waals surface area (Å²) in [5, 5.41) is 46.5. The normalized spacial score (nSPS) is 13.2. The van der Waals surface area contributed by atoms with Crippen LogP contribution < -0.4 is 21.3 Å². The second-order valence-corrected chi connectivity index (χ2v) is 7.46. The summed E-state index contributed by atoms with van der Waals surface area (Å²) in [6.45, 7) is -0.708. The number of hydrogen-bond acceptors (Lipinski definition) is 12. The molecule has 1 saturated heterocycles. The third kappa shape index (κ3) is 4.62. The molecule has 4 N–H and O–H groups in total. The first-order valence-electron chi connectivity index (χ1n) is 9.86. The minimum atomic E-state index is -1.11. The SMILES string of the molecule is NC(=O)c1cc([N+](=O)[O-])c(N2CCN(c3c([N+](=O)[O-])cc(C(N)=O)cc3[N+](=O)[O-])CC2)c([N+](=O)[O-])c1. The van der Waals surface area contributed by atoms with Crippen molar-refractivity contribution >= 4 is 45.9 Å². The molecule has 0 unspecified atom stereocenters. The van der Waals surface area contributed by atoms with E-state index < -0.39 is 76.8 Å². The van der Waals surface area contributed by atoms with E-state index in [1.54, 1.807) is 0 Å². The van der Waals surface area contributed by atoms with Gasteiger partial charge in [-0.2, -0.15) is 0 Å². The van der Waals surface area contributed by atoms with Crippen molar-refractivity contribution < 1.29 is 29.3 Å². The van der Waals surface area contributed by atoms with E-state index in [1.165, 1.54) is 9.80 Å². The fourth-order valence-electron chi connectivity index (χ4n) is 3.85. The van der Waals surface area contributed by atoms with Gasteiger partial charge in [0.15, 0.2) is 11.4 Å². The maximum Gasteiger partial charge on any atom is 0.300 e. The number of anilines is 2. The van der Waals surface area contributed by atoms with E-state index in [4.69, 9.17) is 11.5 Å². The lowest BCUT2D eigenvalue weighted by Gasteiger charge is -2.36. The number of rotatable bonds is 8. The predicted octanol–water partition coefficient (Wildman–Crippen LogP) is 0.844. The van der Waals surface area contributed by atoms with Crippen LogP contribution in [0.1, 0.15) is 20.7 Å². The topological polar surface area (TPSA) is 265 Å². The van der Waals surface area contributed by atoms with Gasteiger partial charge in [-0.3, -0.25) is 50.0 Å². The number of nitrogens with two attached hydrogens (primary N) is 2. The Bertz CT molecular complexity index is 1160. The summed E-state index contributed by atoms with van der Waals surface area (Å²) < 4.78 is 0. The second-order valence-electron chi connectivity index (χ2n) is 7.46. The van der Waals surface area contributed by atoms with Gasteiger partial charge in [-0.15, -0.1) is 0 Å². The summed E-state index contributed by atoms with van der Waals surface area (Å²) in [4.78, 5) is 68.4. The van der Waals surface area contributed by atoms with E-state index in [0.717, 1.165) is 24.3 Å². The first-order chi connectivity index (χ1) is 16.8. The van der Waals surface area contributed by atoms with Gasteiger partial charge in [0, 0.05) is 50.4 Å². The third-order valence-corrected chi connectivity index (χ3v) is 5.41. The number of primary amides is 2. The van der Waals surface area contributed by atoms with Crippen LogP contribution in [0.4, 0.5) is 34.1 Å². The van der Waals surface area contributed by atoms with E-state index in [-0.39, 0.29) is 26.2 Å². The van der Waals surface area contributed by atoms with Crippen LogP contribution in [0.2, 0.25) is 0 Å². The largest absolute Gasteiger partial charge is 0.366 e.